The zero-order chi connectivity index (χ0) is 17.1. The summed E-state index contributed by atoms with van der Waals surface area (Å²) in [6.45, 7) is 10.9. The number of carbonyl (C=O) groups excluding carboxylic acids is 1. The fourth-order valence-corrected chi connectivity index (χ4v) is 2.42. The van der Waals surface area contributed by atoms with E-state index >= 15 is 0 Å². The number of ether oxygens (including phenoxy) is 1. The van der Waals surface area contributed by atoms with Crippen molar-refractivity contribution in [3.8, 4) is 5.75 Å². The van der Waals surface area contributed by atoms with Gasteiger partial charge >= 0.3 is 11.8 Å². The first kappa shape index (κ1) is 18.0. The summed E-state index contributed by atoms with van der Waals surface area (Å²) in [6, 6.07) is 7.56. The van der Waals surface area contributed by atoms with Gasteiger partial charge in [-0.25, -0.2) is 4.79 Å². The van der Waals surface area contributed by atoms with E-state index in [-0.39, 0.29) is 0 Å². The fourth-order valence-electron chi connectivity index (χ4n) is 2.42. The molecule has 1 fully saturated rings. The van der Waals surface area contributed by atoms with Gasteiger partial charge in [-0.15, -0.1) is 0 Å². The van der Waals surface area contributed by atoms with Crippen LogP contribution in [0.2, 0.25) is 0 Å². The zero-order valence-corrected chi connectivity index (χ0v) is 14.8. The summed E-state index contributed by atoms with van der Waals surface area (Å²) in [4.78, 5) is 22.1. The number of unbranched alkanes of at least 4 members (excludes halogenated alkanes) is 1. The first-order valence-corrected chi connectivity index (χ1v) is 8.41. The number of hydrogen-bond donors (Lipinski definition) is 0. The van der Waals surface area contributed by atoms with Crippen molar-refractivity contribution in [3.63, 3.8) is 0 Å². The highest BCUT2D eigenvalue weighted by Crippen LogP contribution is 2.37. The Bertz CT molecular complexity index is 521. The monoisotopic (exact) mass is 320 g/mol. The van der Waals surface area contributed by atoms with E-state index in [1.54, 1.807) is 0 Å². The second kappa shape index (κ2) is 7.02. The van der Waals surface area contributed by atoms with Crippen LogP contribution in [-0.2, 0) is 14.6 Å². The molecule has 1 aromatic carbocycles. The molecule has 2 rings (SSSR count). The smallest absolute Gasteiger partial charge is 0.378 e. The van der Waals surface area contributed by atoms with Crippen molar-refractivity contribution in [2.75, 3.05) is 0 Å². The van der Waals surface area contributed by atoms with Gasteiger partial charge in [0.15, 0.2) is 0 Å². The lowest BCUT2D eigenvalue weighted by atomic mass is 9.89. The number of carbonyl (C=O) groups is 1. The predicted molar refractivity (Wildman–Crippen MR) is 89.0 cm³/mol. The van der Waals surface area contributed by atoms with Crippen molar-refractivity contribution >= 4 is 5.97 Å². The van der Waals surface area contributed by atoms with Gasteiger partial charge in [-0.05, 0) is 41.9 Å². The van der Waals surface area contributed by atoms with Crippen LogP contribution < -0.4 is 4.74 Å². The maximum atomic E-state index is 12.2. The fraction of sp³-hybridized carbons (Fsp3) is 0.632. The number of esters is 1. The van der Waals surface area contributed by atoms with E-state index in [1.165, 1.54) is 5.56 Å². The molecule has 0 unspecified atom stereocenters. The maximum Gasteiger partial charge on any atom is 0.378 e. The van der Waals surface area contributed by atoms with E-state index < -0.39 is 11.8 Å². The lowest BCUT2D eigenvalue weighted by molar-refractivity contribution is -0.141. The molecule has 0 saturated carbocycles. The molecule has 1 saturated heterocycles. The lowest BCUT2D eigenvalue weighted by Crippen LogP contribution is -2.29. The second-order valence-corrected chi connectivity index (χ2v) is 7.80. The Labute approximate surface area is 139 Å². The standard InChI is InChI=1S/C19H28O4/c1-14(2)15-8-10-16(11-9-15)21-17(20)19(22-23-19)13-7-6-12-18(3,4)5/h8-11,14H,6-7,12-13H2,1-5H3. The van der Waals surface area contributed by atoms with Crippen LogP contribution in [0.25, 0.3) is 0 Å². The van der Waals surface area contributed by atoms with Gasteiger partial charge in [0.1, 0.15) is 5.75 Å². The van der Waals surface area contributed by atoms with Crippen LogP contribution in [0.3, 0.4) is 0 Å². The molecule has 0 radical (unpaired) electrons. The Kier molecular flexibility index (Phi) is 5.48. The Morgan fingerprint density at radius 3 is 2.22 bits per heavy atom. The zero-order valence-electron chi connectivity index (χ0n) is 14.8. The molecule has 0 aromatic heterocycles. The van der Waals surface area contributed by atoms with Crippen LogP contribution in [-0.4, -0.2) is 11.8 Å². The Balaban J connectivity index is 1.82. The van der Waals surface area contributed by atoms with Gasteiger partial charge in [0.2, 0.25) is 0 Å². The molecule has 1 aliphatic rings. The number of benzene rings is 1. The third-order valence-corrected chi connectivity index (χ3v) is 4.04. The summed E-state index contributed by atoms with van der Waals surface area (Å²) in [6.07, 6.45) is 3.55. The summed E-state index contributed by atoms with van der Waals surface area (Å²) in [7, 11) is 0. The van der Waals surface area contributed by atoms with E-state index in [1.807, 2.05) is 24.3 Å². The van der Waals surface area contributed by atoms with Gasteiger partial charge in [0.25, 0.3) is 0 Å². The van der Waals surface area contributed by atoms with Gasteiger partial charge in [-0.3, -0.25) is 0 Å². The van der Waals surface area contributed by atoms with Crippen LogP contribution in [0.4, 0.5) is 0 Å². The molecular weight excluding hydrogens is 292 g/mol. The number of hydrogen-bond acceptors (Lipinski definition) is 4. The topological polar surface area (TPSA) is 51.4 Å². The van der Waals surface area contributed by atoms with Gasteiger partial charge in [-0.2, -0.15) is 9.78 Å². The van der Waals surface area contributed by atoms with Crippen LogP contribution in [0.5, 0.6) is 5.75 Å². The van der Waals surface area contributed by atoms with E-state index in [9.17, 15) is 4.79 Å². The average molecular weight is 320 g/mol. The minimum atomic E-state index is -1.19. The summed E-state index contributed by atoms with van der Waals surface area (Å²) in [5, 5.41) is 0. The molecule has 23 heavy (non-hydrogen) atoms. The Morgan fingerprint density at radius 2 is 1.74 bits per heavy atom. The molecule has 0 amide bonds. The number of rotatable bonds is 7. The molecule has 1 aromatic rings. The molecular formula is C19H28O4. The molecule has 0 spiro atoms. The van der Waals surface area contributed by atoms with Crippen molar-refractivity contribution in [2.45, 2.75) is 72.0 Å². The SMILES string of the molecule is CC(C)c1ccc(OC(=O)C2(CCCCC(C)(C)C)OO2)cc1. The van der Waals surface area contributed by atoms with Crippen molar-refractivity contribution < 1.29 is 19.3 Å². The average Bonchev–Trinajstić information content (AvgIpc) is 3.24. The van der Waals surface area contributed by atoms with Crippen LogP contribution in [0.15, 0.2) is 24.3 Å². The molecule has 0 aliphatic carbocycles. The third kappa shape index (κ3) is 5.33. The van der Waals surface area contributed by atoms with Crippen LogP contribution in [0, 0.1) is 5.41 Å². The Hall–Kier alpha value is -1.39. The molecule has 0 bridgehead atoms. The van der Waals surface area contributed by atoms with E-state index in [2.05, 4.69) is 34.6 Å². The van der Waals surface area contributed by atoms with Crippen molar-refractivity contribution in [2.24, 2.45) is 5.41 Å². The summed E-state index contributed by atoms with van der Waals surface area (Å²) in [5.41, 5.74) is 1.51. The van der Waals surface area contributed by atoms with Crippen molar-refractivity contribution in [1.82, 2.24) is 0 Å². The van der Waals surface area contributed by atoms with E-state index in [4.69, 9.17) is 14.5 Å². The first-order chi connectivity index (χ1) is 10.7. The molecule has 4 nitrogen and oxygen atoms in total. The molecule has 1 heterocycles. The summed E-state index contributed by atoms with van der Waals surface area (Å²) >= 11 is 0. The molecule has 0 atom stereocenters. The quantitative estimate of drug-likeness (QED) is 0.234. The summed E-state index contributed by atoms with van der Waals surface area (Å²) < 4.78 is 5.39. The van der Waals surface area contributed by atoms with Gasteiger partial charge in [0, 0.05) is 6.42 Å². The lowest BCUT2D eigenvalue weighted by Gasteiger charge is -2.17. The van der Waals surface area contributed by atoms with Gasteiger partial charge in [-0.1, -0.05) is 53.2 Å². The van der Waals surface area contributed by atoms with E-state index in [0.29, 0.717) is 23.5 Å². The molecule has 1 aliphatic heterocycles. The minimum absolute atomic E-state index is 0.303. The minimum Gasteiger partial charge on any atom is -0.422 e. The molecule has 4 heteroatoms. The maximum absolute atomic E-state index is 12.2. The van der Waals surface area contributed by atoms with Crippen LogP contribution >= 0.6 is 0 Å². The molecule has 128 valence electrons. The van der Waals surface area contributed by atoms with Gasteiger partial charge < -0.3 is 4.74 Å². The third-order valence-electron chi connectivity index (χ3n) is 4.04. The highest BCUT2D eigenvalue weighted by Gasteiger charge is 2.58. The Morgan fingerprint density at radius 1 is 1.13 bits per heavy atom. The highest BCUT2D eigenvalue weighted by atomic mass is 17.4. The predicted octanol–water partition coefficient (Wildman–Crippen LogP) is 4.98. The first-order valence-electron chi connectivity index (χ1n) is 8.41. The molecule has 0 N–H and O–H groups in total. The van der Waals surface area contributed by atoms with Gasteiger partial charge in [0.05, 0.1) is 0 Å². The van der Waals surface area contributed by atoms with E-state index in [0.717, 1.165) is 19.3 Å². The highest BCUT2D eigenvalue weighted by molar-refractivity contribution is 5.81. The second-order valence-electron chi connectivity index (χ2n) is 7.80. The normalized spacial score (nSPS) is 16.4. The van der Waals surface area contributed by atoms with Crippen molar-refractivity contribution in [1.29, 1.82) is 0 Å². The van der Waals surface area contributed by atoms with Crippen LogP contribution in [0.1, 0.15) is 71.8 Å². The summed E-state index contributed by atoms with van der Waals surface area (Å²) in [5.74, 6) is -0.684. The van der Waals surface area contributed by atoms with Crippen molar-refractivity contribution in [3.05, 3.63) is 29.8 Å². The largest absolute Gasteiger partial charge is 0.422 e.